The molecule has 28 heavy (non-hydrogen) atoms. The molecule has 7 heteroatoms. The number of hydrogen-bond donors (Lipinski definition) is 2. The number of methoxy groups -OCH3 is 1. The van der Waals surface area contributed by atoms with Crippen LogP contribution in [-0.4, -0.2) is 50.9 Å². The molecular formula is C21H29N5O2. The number of anilines is 1. The van der Waals surface area contributed by atoms with Crippen LogP contribution in [0.4, 0.5) is 5.82 Å². The minimum absolute atomic E-state index is 0.232. The Bertz CT molecular complexity index is 796. The van der Waals surface area contributed by atoms with Crippen LogP contribution in [0.3, 0.4) is 0 Å². The van der Waals surface area contributed by atoms with Crippen molar-refractivity contribution in [1.29, 1.82) is 0 Å². The second-order valence-corrected chi connectivity index (χ2v) is 6.74. The smallest absolute Gasteiger partial charge is 0.191 e. The van der Waals surface area contributed by atoms with Gasteiger partial charge in [-0.25, -0.2) is 4.98 Å². The number of hydrogen-bond acceptors (Lipinski definition) is 5. The molecule has 0 aliphatic carbocycles. The van der Waals surface area contributed by atoms with E-state index in [2.05, 4.69) is 38.5 Å². The van der Waals surface area contributed by atoms with Crippen LogP contribution in [-0.2, 0) is 17.8 Å². The van der Waals surface area contributed by atoms with Crippen molar-refractivity contribution in [2.75, 3.05) is 38.8 Å². The summed E-state index contributed by atoms with van der Waals surface area (Å²) in [6.07, 6.45) is 2.09. The van der Waals surface area contributed by atoms with E-state index in [-0.39, 0.29) is 6.10 Å². The van der Waals surface area contributed by atoms with Crippen molar-refractivity contribution in [2.24, 2.45) is 4.99 Å². The highest BCUT2D eigenvalue weighted by Gasteiger charge is 2.18. The van der Waals surface area contributed by atoms with Crippen molar-refractivity contribution in [2.45, 2.75) is 26.1 Å². The third-order valence-electron chi connectivity index (χ3n) is 4.70. The highest BCUT2D eigenvalue weighted by Crippen LogP contribution is 2.17. The molecule has 2 aromatic rings. The van der Waals surface area contributed by atoms with Gasteiger partial charge in [-0.1, -0.05) is 18.2 Å². The van der Waals surface area contributed by atoms with Crippen molar-refractivity contribution >= 4 is 11.8 Å². The first-order chi connectivity index (χ1) is 13.7. The second kappa shape index (κ2) is 9.94. The lowest BCUT2D eigenvalue weighted by Crippen LogP contribution is -2.41. The third kappa shape index (κ3) is 5.36. The predicted molar refractivity (Wildman–Crippen MR) is 112 cm³/mol. The Balaban J connectivity index is 1.55. The molecule has 150 valence electrons. The lowest BCUT2D eigenvalue weighted by Gasteiger charge is -2.32. The summed E-state index contributed by atoms with van der Waals surface area (Å²) in [6.45, 7) is 5.88. The molecule has 2 heterocycles. The third-order valence-corrected chi connectivity index (χ3v) is 4.70. The molecule has 7 nitrogen and oxygen atoms in total. The van der Waals surface area contributed by atoms with Gasteiger partial charge in [0.15, 0.2) is 5.96 Å². The summed E-state index contributed by atoms with van der Waals surface area (Å²) in [7, 11) is 3.45. The van der Waals surface area contributed by atoms with Gasteiger partial charge in [-0.05, 0) is 30.7 Å². The fourth-order valence-electron chi connectivity index (χ4n) is 3.20. The van der Waals surface area contributed by atoms with Gasteiger partial charge in [0.05, 0.1) is 19.8 Å². The molecule has 2 N–H and O–H groups in total. The highest BCUT2D eigenvalue weighted by molar-refractivity contribution is 5.79. The molecule has 1 aliphatic heterocycles. The van der Waals surface area contributed by atoms with Gasteiger partial charge in [-0.2, -0.15) is 0 Å². The second-order valence-electron chi connectivity index (χ2n) is 6.74. The van der Waals surface area contributed by atoms with Gasteiger partial charge in [0.1, 0.15) is 11.6 Å². The Morgan fingerprint density at radius 3 is 2.89 bits per heavy atom. The Morgan fingerprint density at radius 1 is 1.29 bits per heavy atom. The van der Waals surface area contributed by atoms with E-state index in [1.807, 2.05) is 36.5 Å². The van der Waals surface area contributed by atoms with E-state index in [0.717, 1.165) is 48.4 Å². The Hall–Kier alpha value is -2.80. The molecular weight excluding hydrogens is 354 g/mol. The number of nitrogens with one attached hydrogen (secondary N) is 2. The van der Waals surface area contributed by atoms with Crippen molar-refractivity contribution in [3.05, 3.63) is 53.7 Å². The van der Waals surface area contributed by atoms with Crippen molar-refractivity contribution in [3.8, 4) is 5.75 Å². The minimum Gasteiger partial charge on any atom is -0.496 e. The molecule has 1 unspecified atom stereocenters. The minimum atomic E-state index is 0.232. The summed E-state index contributed by atoms with van der Waals surface area (Å²) in [4.78, 5) is 11.1. The molecule has 0 radical (unpaired) electrons. The number of rotatable bonds is 6. The Labute approximate surface area is 166 Å². The Kier molecular flexibility index (Phi) is 7.08. The SMILES string of the molecule is CN=C(NCc1ccnc(N2CCOC(C)C2)c1)NCc1ccccc1OC. The topological polar surface area (TPSA) is 71.0 Å². The monoisotopic (exact) mass is 383 g/mol. The zero-order valence-electron chi connectivity index (χ0n) is 16.8. The van der Waals surface area contributed by atoms with E-state index in [0.29, 0.717) is 13.1 Å². The zero-order chi connectivity index (χ0) is 19.8. The van der Waals surface area contributed by atoms with Crippen molar-refractivity contribution in [3.63, 3.8) is 0 Å². The summed E-state index contributed by atoms with van der Waals surface area (Å²) in [5, 5.41) is 6.69. The quantitative estimate of drug-likeness (QED) is 0.589. The van der Waals surface area contributed by atoms with Gasteiger partial charge < -0.3 is 25.0 Å². The zero-order valence-corrected chi connectivity index (χ0v) is 16.8. The average Bonchev–Trinajstić information content (AvgIpc) is 2.74. The van der Waals surface area contributed by atoms with E-state index < -0.39 is 0 Å². The molecule has 0 spiro atoms. The maximum Gasteiger partial charge on any atom is 0.191 e. The molecule has 1 saturated heterocycles. The summed E-state index contributed by atoms with van der Waals surface area (Å²) < 4.78 is 11.0. The van der Waals surface area contributed by atoms with Gasteiger partial charge in [-0.3, -0.25) is 4.99 Å². The number of ether oxygens (including phenoxy) is 2. The lowest BCUT2D eigenvalue weighted by atomic mass is 10.2. The van der Waals surface area contributed by atoms with Crippen LogP contribution in [0.25, 0.3) is 0 Å². The molecule has 1 atom stereocenters. The normalized spacial score (nSPS) is 17.3. The summed E-state index contributed by atoms with van der Waals surface area (Å²) in [5.41, 5.74) is 2.24. The number of morpholine rings is 1. The Morgan fingerprint density at radius 2 is 2.11 bits per heavy atom. The van der Waals surface area contributed by atoms with Crippen molar-refractivity contribution < 1.29 is 9.47 Å². The highest BCUT2D eigenvalue weighted by atomic mass is 16.5. The van der Waals surface area contributed by atoms with E-state index in [1.165, 1.54) is 0 Å². The van der Waals surface area contributed by atoms with Crippen LogP contribution < -0.4 is 20.3 Å². The van der Waals surface area contributed by atoms with Crippen LogP contribution in [0.15, 0.2) is 47.6 Å². The van der Waals surface area contributed by atoms with Gasteiger partial charge in [0, 0.05) is 45.0 Å². The van der Waals surface area contributed by atoms with Crippen LogP contribution in [0, 0.1) is 0 Å². The van der Waals surface area contributed by atoms with Gasteiger partial charge in [0.25, 0.3) is 0 Å². The first kappa shape index (κ1) is 19.9. The molecule has 0 bridgehead atoms. The maximum atomic E-state index is 5.62. The van der Waals surface area contributed by atoms with E-state index in [9.17, 15) is 0 Å². The van der Waals surface area contributed by atoms with Crippen molar-refractivity contribution in [1.82, 2.24) is 15.6 Å². The van der Waals surface area contributed by atoms with Crippen LogP contribution in [0.2, 0.25) is 0 Å². The molecule has 1 fully saturated rings. The first-order valence-electron chi connectivity index (χ1n) is 9.57. The molecule has 1 aliphatic rings. The van der Waals surface area contributed by atoms with Gasteiger partial charge in [-0.15, -0.1) is 0 Å². The fourth-order valence-corrected chi connectivity index (χ4v) is 3.20. The predicted octanol–water partition coefficient (Wildman–Crippen LogP) is 2.18. The maximum absolute atomic E-state index is 5.62. The van der Waals surface area contributed by atoms with Crippen LogP contribution in [0.1, 0.15) is 18.1 Å². The van der Waals surface area contributed by atoms with E-state index in [1.54, 1.807) is 14.2 Å². The number of benzene rings is 1. The largest absolute Gasteiger partial charge is 0.496 e. The molecule has 0 amide bonds. The number of aliphatic imine (C=N–C) groups is 1. The number of aromatic nitrogens is 1. The summed E-state index contributed by atoms with van der Waals surface area (Å²) in [6, 6.07) is 12.1. The summed E-state index contributed by atoms with van der Waals surface area (Å²) >= 11 is 0. The molecule has 3 rings (SSSR count). The fraction of sp³-hybridized carbons (Fsp3) is 0.429. The van der Waals surface area contributed by atoms with Gasteiger partial charge in [0.2, 0.25) is 0 Å². The molecule has 1 aromatic heterocycles. The lowest BCUT2D eigenvalue weighted by molar-refractivity contribution is 0.0529. The number of para-hydroxylation sites is 1. The van der Waals surface area contributed by atoms with Gasteiger partial charge >= 0.3 is 0 Å². The molecule has 0 saturated carbocycles. The van der Waals surface area contributed by atoms with E-state index in [4.69, 9.17) is 9.47 Å². The number of guanidine groups is 1. The van der Waals surface area contributed by atoms with E-state index >= 15 is 0 Å². The first-order valence-corrected chi connectivity index (χ1v) is 9.57. The number of nitrogens with zero attached hydrogens (tertiary/aromatic N) is 3. The standard InChI is InChI=1S/C21H29N5O2/c1-16-15-26(10-11-28-16)20-12-17(8-9-23-20)13-24-21(22-2)25-14-18-6-4-5-7-19(18)27-3/h4-9,12,16H,10-11,13-15H2,1-3H3,(H2,22,24,25). The van der Waals surface area contributed by atoms with Crippen LogP contribution in [0.5, 0.6) is 5.75 Å². The number of pyridine rings is 1. The summed E-state index contributed by atoms with van der Waals surface area (Å²) in [5.74, 6) is 2.60. The van der Waals surface area contributed by atoms with Crippen LogP contribution >= 0.6 is 0 Å². The molecule has 1 aromatic carbocycles. The average molecular weight is 383 g/mol.